The zero-order chi connectivity index (χ0) is 25.2. The summed E-state index contributed by atoms with van der Waals surface area (Å²) < 4.78 is 28.4. The number of hydrogen-bond donors (Lipinski definition) is 0. The molecule has 188 valence electrons. The number of ether oxygens (including phenoxy) is 1. The van der Waals surface area contributed by atoms with Gasteiger partial charge in [-0.3, -0.25) is 4.79 Å². The quantitative estimate of drug-likeness (QED) is 0.282. The molecule has 1 aliphatic rings. The van der Waals surface area contributed by atoms with Crippen molar-refractivity contribution < 1.29 is 17.9 Å². The van der Waals surface area contributed by atoms with Crippen LogP contribution in [0.15, 0.2) is 59.0 Å². The number of benzene rings is 1. The third-order valence-electron chi connectivity index (χ3n) is 5.19. The Morgan fingerprint density at radius 3 is 2.38 bits per heavy atom. The Bertz CT molecular complexity index is 1000. The summed E-state index contributed by atoms with van der Waals surface area (Å²) in [7, 11) is -1.64. The average Bonchev–Trinajstić information content (AvgIpc) is 2.76. The van der Waals surface area contributed by atoms with Gasteiger partial charge in [0.05, 0.1) is 4.08 Å². The van der Waals surface area contributed by atoms with Gasteiger partial charge in [0.15, 0.2) is 9.84 Å². The molecule has 0 saturated carbocycles. The summed E-state index contributed by atoms with van der Waals surface area (Å²) in [5, 5.41) is 0.933. The molecule has 1 saturated heterocycles. The predicted octanol–water partition coefficient (Wildman–Crippen LogP) is 5.49. The van der Waals surface area contributed by atoms with E-state index in [1.807, 2.05) is 24.3 Å². The fourth-order valence-electron chi connectivity index (χ4n) is 3.48. The molecule has 0 bridgehead atoms. The number of hydrogen-bond acceptors (Lipinski definition) is 6. The number of likely N-dealkylation sites (N-methyl/N-ethyl adjacent to an activating group) is 1. The predicted molar refractivity (Wildman–Crippen MR) is 147 cm³/mol. The second-order valence-corrected chi connectivity index (χ2v) is 13.9. The first-order valence-corrected chi connectivity index (χ1v) is 15.4. The Morgan fingerprint density at radius 1 is 1.15 bits per heavy atom. The first-order chi connectivity index (χ1) is 16.0. The molecule has 0 unspecified atom stereocenters. The van der Waals surface area contributed by atoms with E-state index in [2.05, 4.69) is 56.4 Å². The fraction of sp³-hybridized carbons (Fsp3) is 0.500. The molecule has 8 heteroatoms. The van der Waals surface area contributed by atoms with Crippen LogP contribution in [0.1, 0.15) is 39.2 Å². The van der Waals surface area contributed by atoms with Crippen LogP contribution in [-0.4, -0.2) is 61.3 Å². The molecular formula is C26H37NO4S3. The Labute approximate surface area is 214 Å². The molecule has 0 aromatic heterocycles. The van der Waals surface area contributed by atoms with Crippen LogP contribution >= 0.6 is 23.5 Å². The number of allylic oxidation sites excluding steroid dienone is 2. The smallest absolute Gasteiger partial charge is 0.247 e. The maximum atomic E-state index is 12.0. The molecule has 1 heterocycles. The molecule has 2 rings (SSSR count). The van der Waals surface area contributed by atoms with Crippen molar-refractivity contribution >= 4 is 39.3 Å². The van der Waals surface area contributed by atoms with Crippen molar-refractivity contribution in [2.45, 2.75) is 44.1 Å². The van der Waals surface area contributed by atoms with Crippen molar-refractivity contribution in [1.82, 2.24) is 4.90 Å². The number of carbonyl (C=O) groups is 1. The minimum atomic E-state index is -3.30. The number of thioether (sulfide) groups is 2. The van der Waals surface area contributed by atoms with Crippen molar-refractivity contribution in [2.75, 3.05) is 38.0 Å². The van der Waals surface area contributed by atoms with Crippen molar-refractivity contribution in [3.8, 4) is 5.75 Å². The van der Waals surface area contributed by atoms with Gasteiger partial charge in [-0.05, 0) is 75.3 Å². The molecule has 5 nitrogen and oxygen atoms in total. The Balaban J connectivity index is 1.83. The van der Waals surface area contributed by atoms with Gasteiger partial charge in [0.2, 0.25) is 5.91 Å². The molecular weight excluding hydrogens is 486 g/mol. The maximum Gasteiger partial charge on any atom is 0.247 e. The highest BCUT2D eigenvalue weighted by Crippen LogP contribution is 2.48. The van der Waals surface area contributed by atoms with Gasteiger partial charge >= 0.3 is 0 Å². The van der Waals surface area contributed by atoms with Crippen LogP contribution < -0.4 is 4.74 Å². The van der Waals surface area contributed by atoms with Crippen molar-refractivity contribution in [3.63, 3.8) is 0 Å². The van der Waals surface area contributed by atoms with E-state index in [0.29, 0.717) is 19.6 Å². The number of carbonyl (C=O) groups excluding carboxylic acids is 1. The van der Waals surface area contributed by atoms with Gasteiger partial charge < -0.3 is 9.64 Å². The highest BCUT2D eigenvalue weighted by Gasteiger charge is 2.31. The first-order valence-electron chi connectivity index (χ1n) is 11.4. The molecule has 1 aromatic carbocycles. The highest BCUT2D eigenvalue weighted by atomic mass is 32.2. The van der Waals surface area contributed by atoms with E-state index in [1.54, 1.807) is 7.05 Å². The first kappa shape index (κ1) is 28.6. The van der Waals surface area contributed by atoms with Crippen LogP contribution in [0.25, 0.3) is 0 Å². The minimum Gasteiger partial charge on any atom is -0.490 e. The van der Waals surface area contributed by atoms with Crippen LogP contribution in [0.4, 0.5) is 0 Å². The van der Waals surface area contributed by atoms with E-state index in [9.17, 15) is 13.2 Å². The number of rotatable bonds is 11. The fourth-order valence-corrected chi connectivity index (χ4v) is 7.42. The minimum absolute atomic E-state index is 0.147. The summed E-state index contributed by atoms with van der Waals surface area (Å²) in [6.45, 7) is 7.57. The van der Waals surface area contributed by atoms with Crippen LogP contribution in [0.3, 0.4) is 0 Å². The van der Waals surface area contributed by atoms with Gasteiger partial charge in [-0.25, -0.2) is 8.42 Å². The van der Waals surface area contributed by atoms with E-state index >= 15 is 0 Å². The molecule has 1 aliphatic heterocycles. The summed E-state index contributed by atoms with van der Waals surface area (Å²) in [6.07, 6.45) is 9.74. The van der Waals surface area contributed by atoms with E-state index in [-0.39, 0.29) is 9.99 Å². The molecule has 0 spiro atoms. The normalized spacial score (nSPS) is 16.3. The third-order valence-corrected chi connectivity index (χ3v) is 9.02. The number of nitrogens with zero attached hydrogens (tertiary/aromatic N) is 1. The third kappa shape index (κ3) is 10.7. The molecule has 1 aromatic rings. The summed E-state index contributed by atoms with van der Waals surface area (Å²) in [5.41, 5.74) is 3.79. The summed E-state index contributed by atoms with van der Waals surface area (Å²) in [4.78, 5) is 13.5. The lowest BCUT2D eigenvalue weighted by atomic mass is 10.1. The zero-order valence-corrected chi connectivity index (χ0v) is 23.3. The van der Waals surface area contributed by atoms with Crippen LogP contribution in [0.2, 0.25) is 0 Å². The zero-order valence-electron chi connectivity index (χ0n) is 20.9. The van der Waals surface area contributed by atoms with Crippen LogP contribution in [0.5, 0.6) is 5.75 Å². The topological polar surface area (TPSA) is 63.7 Å². The lowest BCUT2D eigenvalue weighted by Crippen LogP contribution is -2.27. The van der Waals surface area contributed by atoms with Gasteiger partial charge in [-0.2, -0.15) is 0 Å². The van der Waals surface area contributed by atoms with Gasteiger partial charge in [-0.1, -0.05) is 29.4 Å². The van der Waals surface area contributed by atoms with Gasteiger partial charge in [-0.15, -0.1) is 23.5 Å². The highest BCUT2D eigenvalue weighted by molar-refractivity contribution is 8.19. The van der Waals surface area contributed by atoms with Crippen LogP contribution in [0, 0.1) is 0 Å². The van der Waals surface area contributed by atoms with Crippen LogP contribution in [-0.2, 0) is 21.1 Å². The van der Waals surface area contributed by atoms with E-state index in [0.717, 1.165) is 35.5 Å². The molecule has 0 radical (unpaired) electrons. The SMILES string of the molecule is CC(C)=CC1(C/C(C)=C/COc2ccc(CCN(C)C(=O)/C=C/S(C)(=O)=O)cc2)SCCCS1. The lowest BCUT2D eigenvalue weighted by molar-refractivity contribution is -0.124. The Hall–Kier alpha value is -1.64. The molecule has 0 N–H and O–H groups in total. The molecule has 1 fully saturated rings. The van der Waals surface area contributed by atoms with E-state index in [1.165, 1.54) is 34.0 Å². The number of sulfone groups is 1. The van der Waals surface area contributed by atoms with E-state index in [4.69, 9.17) is 4.74 Å². The Kier molecular flexibility index (Phi) is 11.3. The summed E-state index contributed by atoms with van der Waals surface area (Å²) >= 11 is 4.12. The Morgan fingerprint density at radius 2 is 1.79 bits per heavy atom. The molecule has 0 atom stereocenters. The second-order valence-electron chi connectivity index (χ2n) is 8.91. The monoisotopic (exact) mass is 523 g/mol. The largest absolute Gasteiger partial charge is 0.490 e. The van der Waals surface area contributed by atoms with E-state index < -0.39 is 9.84 Å². The second kappa shape index (κ2) is 13.4. The average molecular weight is 524 g/mol. The molecule has 1 amide bonds. The summed E-state index contributed by atoms with van der Waals surface area (Å²) in [6, 6.07) is 7.88. The van der Waals surface area contributed by atoms with Gasteiger partial charge in [0.1, 0.15) is 12.4 Å². The number of amides is 1. The summed E-state index contributed by atoms with van der Waals surface area (Å²) in [5.74, 6) is 2.92. The standard InChI is InChI=1S/C26H37NO4S3/c1-21(2)19-26(32-16-6-17-33-26)20-22(3)12-15-31-24-9-7-23(8-10-24)11-14-27(4)25(28)13-18-34(5,29)30/h7-10,12-13,18-19H,6,11,14-17,20H2,1-5H3/b18-13+,22-12+. The van der Waals surface area contributed by atoms with Crippen molar-refractivity contribution in [3.05, 3.63) is 64.6 Å². The van der Waals surface area contributed by atoms with Crippen molar-refractivity contribution in [1.29, 1.82) is 0 Å². The maximum absolute atomic E-state index is 12.0. The van der Waals surface area contributed by atoms with Gasteiger partial charge in [0, 0.05) is 31.3 Å². The van der Waals surface area contributed by atoms with Gasteiger partial charge in [0.25, 0.3) is 0 Å². The lowest BCUT2D eigenvalue weighted by Gasteiger charge is -2.34. The van der Waals surface area contributed by atoms with Crippen molar-refractivity contribution in [2.24, 2.45) is 0 Å². The molecule has 34 heavy (non-hydrogen) atoms. The molecule has 0 aliphatic carbocycles.